The van der Waals surface area contributed by atoms with Crippen LogP contribution in [0.2, 0.25) is 0 Å². The van der Waals surface area contributed by atoms with Gasteiger partial charge in [-0.3, -0.25) is 4.79 Å². The summed E-state index contributed by atoms with van der Waals surface area (Å²) in [5.74, 6) is 2.02. The molecule has 4 rings (SSSR count). The average molecular weight is 352 g/mol. The molecule has 6 heteroatoms. The molecule has 1 saturated heterocycles. The molecule has 1 N–H and O–H groups in total. The first kappa shape index (κ1) is 16.8. The Kier molecular flexibility index (Phi) is 4.51. The standard InChI is InChI=1S/C20H24N4O2/c1-23-10-9-21-20(23)19-16(7-8-18(25)24(19)2)22-12-14-11-15-5-3-4-6-17(15)26-13-14/h3-6,9-11,16,19,22H,7-8,12-13H2,1-2H3/t16-,19-/m1/s1. The molecule has 3 heterocycles. The zero-order valence-corrected chi connectivity index (χ0v) is 15.2. The lowest BCUT2D eigenvalue weighted by Crippen LogP contribution is -2.50. The maximum atomic E-state index is 12.2. The van der Waals surface area contributed by atoms with Gasteiger partial charge in [-0.1, -0.05) is 18.2 Å². The van der Waals surface area contributed by atoms with E-state index < -0.39 is 0 Å². The maximum absolute atomic E-state index is 12.2. The number of para-hydroxylation sites is 1. The number of imidazole rings is 1. The van der Waals surface area contributed by atoms with E-state index in [0.717, 1.165) is 30.1 Å². The van der Waals surface area contributed by atoms with Gasteiger partial charge >= 0.3 is 0 Å². The van der Waals surface area contributed by atoms with Crippen molar-refractivity contribution in [3.05, 3.63) is 53.6 Å². The van der Waals surface area contributed by atoms with Gasteiger partial charge in [0.15, 0.2) is 0 Å². The number of aromatic nitrogens is 2. The highest BCUT2D eigenvalue weighted by molar-refractivity contribution is 5.77. The Hall–Kier alpha value is -2.60. The molecule has 0 saturated carbocycles. The molecule has 136 valence electrons. The van der Waals surface area contributed by atoms with Crippen LogP contribution in [0.15, 0.2) is 42.2 Å². The summed E-state index contributed by atoms with van der Waals surface area (Å²) in [4.78, 5) is 18.5. The Morgan fingerprint density at radius 1 is 1.31 bits per heavy atom. The molecule has 1 amide bonds. The Bertz CT molecular complexity index is 842. The first-order chi connectivity index (χ1) is 12.6. The summed E-state index contributed by atoms with van der Waals surface area (Å²) in [5, 5.41) is 3.64. The topological polar surface area (TPSA) is 59.4 Å². The second kappa shape index (κ2) is 6.96. The first-order valence-electron chi connectivity index (χ1n) is 9.01. The van der Waals surface area contributed by atoms with E-state index in [1.165, 1.54) is 5.57 Å². The van der Waals surface area contributed by atoms with Gasteiger partial charge in [0.2, 0.25) is 5.91 Å². The summed E-state index contributed by atoms with van der Waals surface area (Å²) in [5.41, 5.74) is 2.33. The maximum Gasteiger partial charge on any atom is 0.223 e. The Morgan fingerprint density at radius 3 is 2.96 bits per heavy atom. The molecular weight excluding hydrogens is 328 g/mol. The lowest BCUT2D eigenvalue weighted by molar-refractivity contribution is -0.136. The molecule has 6 nitrogen and oxygen atoms in total. The van der Waals surface area contributed by atoms with Crippen LogP contribution in [0.25, 0.3) is 6.08 Å². The number of amides is 1. The second-order valence-corrected chi connectivity index (χ2v) is 7.00. The van der Waals surface area contributed by atoms with Crippen LogP contribution in [0.1, 0.15) is 30.3 Å². The molecule has 2 aliphatic rings. The van der Waals surface area contributed by atoms with E-state index in [-0.39, 0.29) is 18.0 Å². The van der Waals surface area contributed by atoms with Gasteiger partial charge in [-0.05, 0) is 24.1 Å². The highest BCUT2D eigenvalue weighted by Crippen LogP contribution is 2.30. The van der Waals surface area contributed by atoms with Crippen molar-refractivity contribution in [2.75, 3.05) is 20.2 Å². The van der Waals surface area contributed by atoms with E-state index >= 15 is 0 Å². The number of hydrogen-bond acceptors (Lipinski definition) is 4. The van der Waals surface area contributed by atoms with Gasteiger partial charge in [-0.2, -0.15) is 0 Å². The summed E-state index contributed by atoms with van der Waals surface area (Å²) < 4.78 is 7.84. The number of fused-ring (bicyclic) bond motifs is 1. The van der Waals surface area contributed by atoms with Gasteiger partial charge in [0.1, 0.15) is 24.2 Å². The normalized spacial score (nSPS) is 22.6. The fraction of sp³-hybridized carbons (Fsp3) is 0.400. The third-order valence-electron chi connectivity index (χ3n) is 5.27. The molecule has 0 unspecified atom stereocenters. The van der Waals surface area contributed by atoms with Crippen molar-refractivity contribution in [2.45, 2.75) is 24.9 Å². The van der Waals surface area contributed by atoms with E-state index in [1.807, 2.05) is 48.0 Å². The van der Waals surface area contributed by atoms with Crippen LogP contribution in [0, 0.1) is 0 Å². The zero-order valence-electron chi connectivity index (χ0n) is 15.2. The van der Waals surface area contributed by atoms with Crippen molar-refractivity contribution in [1.82, 2.24) is 19.8 Å². The van der Waals surface area contributed by atoms with Gasteiger partial charge < -0.3 is 19.5 Å². The smallest absolute Gasteiger partial charge is 0.223 e. The number of aryl methyl sites for hydroxylation is 1. The number of hydrogen-bond donors (Lipinski definition) is 1. The Labute approximate surface area is 153 Å². The monoisotopic (exact) mass is 352 g/mol. The highest BCUT2D eigenvalue weighted by Gasteiger charge is 2.36. The van der Waals surface area contributed by atoms with Crippen LogP contribution < -0.4 is 10.1 Å². The number of ether oxygens (including phenoxy) is 1. The van der Waals surface area contributed by atoms with Crippen molar-refractivity contribution < 1.29 is 9.53 Å². The molecule has 0 bridgehead atoms. The number of rotatable bonds is 4. The van der Waals surface area contributed by atoms with Crippen LogP contribution in [0.3, 0.4) is 0 Å². The van der Waals surface area contributed by atoms with Crippen molar-refractivity contribution in [3.8, 4) is 5.75 Å². The molecule has 26 heavy (non-hydrogen) atoms. The van der Waals surface area contributed by atoms with Gasteiger partial charge in [0.05, 0.1) is 0 Å². The molecule has 1 aromatic carbocycles. The summed E-state index contributed by atoms with van der Waals surface area (Å²) in [6.45, 7) is 1.33. The fourth-order valence-electron chi connectivity index (χ4n) is 3.79. The lowest BCUT2D eigenvalue weighted by Gasteiger charge is -2.39. The van der Waals surface area contributed by atoms with E-state index in [9.17, 15) is 4.79 Å². The average Bonchev–Trinajstić information content (AvgIpc) is 3.08. The van der Waals surface area contributed by atoms with Gasteiger partial charge in [-0.15, -0.1) is 0 Å². The Balaban J connectivity index is 1.51. The molecule has 1 fully saturated rings. The van der Waals surface area contributed by atoms with Crippen LogP contribution in [0.4, 0.5) is 0 Å². The third-order valence-corrected chi connectivity index (χ3v) is 5.27. The summed E-state index contributed by atoms with van der Waals surface area (Å²) in [6, 6.07) is 8.17. The number of likely N-dealkylation sites (N-methyl/N-ethyl adjacent to an activating group) is 1. The molecule has 0 aliphatic carbocycles. The van der Waals surface area contributed by atoms with Crippen molar-refractivity contribution >= 4 is 12.0 Å². The van der Waals surface area contributed by atoms with Crippen LogP contribution in [-0.4, -0.2) is 46.6 Å². The minimum atomic E-state index is -0.0614. The molecular formula is C20H24N4O2. The van der Waals surface area contributed by atoms with Gasteiger partial charge in [-0.25, -0.2) is 4.98 Å². The van der Waals surface area contributed by atoms with Crippen molar-refractivity contribution in [2.24, 2.45) is 7.05 Å². The van der Waals surface area contributed by atoms with Crippen molar-refractivity contribution in [1.29, 1.82) is 0 Å². The summed E-state index contributed by atoms with van der Waals surface area (Å²) >= 11 is 0. The SMILES string of the molecule is CN1C(=O)CC[C@@H](NCC2=Cc3ccccc3OC2)[C@@H]1c1nccn1C. The van der Waals surface area contributed by atoms with E-state index in [2.05, 4.69) is 22.4 Å². The number of piperidine rings is 1. The zero-order chi connectivity index (χ0) is 18.1. The molecule has 1 aromatic heterocycles. The minimum Gasteiger partial charge on any atom is -0.489 e. The predicted molar refractivity (Wildman–Crippen MR) is 99.7 cm³/mol. The van der Waals surface area contributed by atoms with E-state index in [0.29, 0.717) is 13.0 Å². The number of benzene rings is 1. The molecule has 0 radical (unpaired) electrons. The first-order valence-corrected chi connectivity index (χ1v) is 9.01. The quantitative estimate of drug-likeness (QED) is 0.916. The molecule has 2 atom stereocenters. The van der Waals surface area contributed by atoms with E-state index in [1.54, 1.807) is 6.20 Å². The number of carbonyl (C=O) groups excluding carboxylic acids is 1. The molecule has 0 spiro atoms. The number of nitrogens with one attached hydrogen (secondary N) is 1. The largest absolute Gasteiger partial charge is 0.489 e. The Morgan fingerprint density at radius 2 is 2.15 bits per heavy atom. The van der Waals surface area contributed by atoms with Crippen molar-refractivity contribution in [3.63, 3.8) is 0 Å². The summed E-state index contributed by atoms with van der Waals surface area (Å²) in [6.07, 6.45) is 7.28. The van der Waals surface area contributed by atoms with Crippen LogP contribution in [-0.2, 0) is 11.8 Å². The number of carbonyl (C=O) groups is 1. The van der Waals surface area contributed by atoms with Gasteiger partial charge in [0.25, 0.3) is 0 Å². The summed E-state index contributed by atoms with van der Waals surface area (Å²) in [7, 11) is 3.84. The molecule has 2 aromatic rings. The second-order valence-electron chi connectivity index (χ2n) is 7.00. The minimum absolute atomic E-state index is 0.0614. The predicted octanol–water partition coefficient (Wildman–Crippen LogP) is 2.15. The fourth-order valence-corrected chi connectivity index (χ4v) is 3.79. The lowest BCUT2D eigenvalue weighted by atomic mass is 9.94. The molecule has 2 aliphatic heterocycles. The third kappa shape index (κ3) is 3.12. The number of likely N-dealkylation sites (tertiary alicyclic amines) is 1. The highest BCUT2D eigenvalue weighted by atomic mass is 16.5. The van der Waals surface area contributed by atoms with Gasteiger partial charge in [0, 0.05) is 51.1 Å². The van der Waals surface area contributed by atoms with E-state index in [4.69, 9.17) is 4.74 Å². The number of nitrogens with zero attached hydrogens (tertiary/aromatic N) is 3. The van der Waals surface area contributed by atoms with Crippen LogP contribution >= 0.6 is 0 Å². The van der Waals surface area contributed by atoms with Crippen LogP contribution in [0.5, 0.6) is 5.75 Å².